The van der Waals surface area contributed by atoms with Gasteiger partial charge in [0.15, 0.2) is 0 Å². The Bertz CT molecular complexity index is 45.7. The van der Waals surface area contributed by atoms with Crippen molar-refractivity contribution < 1.29 is 0 Å². The second-order valence-electron chi connectivity index (χ2n) is 1.68. The standard InChI is InChI=1S/C5H13NS2/c1-2-3-6(4-7)5-8/h7-8H,2-5H2,1H3. The van der Waals surface area contributed by atoms with E-state index in [9.17, 15) is 0 Å². The van der Waals surface area contributed by atoms with Crippen LogP contribution in [0.2, 0.25) is 0 Å². The van der Waals surface area contributed by atoms with Crippen molar-refractivity contribution in [3.8, 4) is 0 Å². The van der Waals surface area contributed by atoms with Crippen molar-refractivity contribution in [2.45, 2.75) is 13.3 Å². The first-order valence-corrected chi connectivity index (χ1v) is 4.05. The fourth-order valence-electron chi connectivity index (χ4n) is 0.502. The predicted octanol–water partition coefficient (Wildman–Crippen LogP) is 1.47. The minimum Gasteiger partial charge on any atom is -0.285 e. The molecule has 0 aromatic heterocycles. The Labute approximate surface area is 62.3 Å². The first kappa shape index (κ1) is 8.66. The maximum atomic E-state index is 4.11. The van der Waals surface area contributed by atoms with Crippen LogP contribution in [0.5, 0.6) is 0 Å². The molecule has 0 radical (unpaired) electrons. The summed E-state index contributed by atoms with van der Waals surface area (Å²) in [4.78, 5) is 2.16. The Balaban J connectivity index is 3.07. The smallest absolute Gasteiger partial charge is 0.0422 e. The SMILES string of the molecule is CCCN(CS)CS. The summed E-state index contributed by atoms with van der Waals surface area (Å²) in [5, 5.41) is 0. The van der Waals surface area contributed by atoms with Crippen molar-refractivity contribution in [3.63, 3.8) is 0 Å². The Morgan fingerprint density at radius 1 is 1.25 bits per heavy atom. The average molecular weight is 151 g/mol. The molecule has 3 heteroatoms. The van der Waals surface area contributed by atoms with Crippen LogP contribution < -0.4 is 0 Å². The van der Waals surface area contributed by atoms with E-state index in [1.54, 1.807) is 0 Å². The lowest BCUT2D eigenvalue weighted by atomic mass is 10.5. The molecule has 0 N–H and O–H groups in total. The third-order valence-electron chi connectivity index (χ3n) is 0.940. The van der Waals surface area contributed by atoms with E-state index in [-0.39, 0.29) is 0 Å². The minimum atomic E-state index is 0.817. The van der Waals surface area contributed by atoms with Crippen LogP contribution in [0.25, 0.3) is 0 Å². The van der Waals surface area contributed by atoms with E-state index in [4.69, 9.17) is 0 Å². The molecule has 8 heavy (non-hydrogen) atoms. The molecule has 0 bridgehead atoms. The van der Waals surface area contributed by atoms with Crippen molar-refractivity contribution >= 4 is 25.3 Å². The van der Waals surface area contributed by atoms with Crippen molar-refractivity contribution in [2.75, 3.05) is 18.3 Å². The minimum absolute atomic E-state index is 0.817. The highest BCUT2D eigenvalue weighted by atomic mass is 32.1. The summed E-state index contributed by atoms with van der Waals surface area (Å²) in [5.74, 6) is 1.63. The molecule has 0 saturated carbocycles. The molecule has 0 aromatic rings. The van der Waals surface area contributed by atoms with Gasteiger partial charge in [-0.05, 0) is 13.0 Å². The lowest BCUT2D eigenvalue weighted by Crippen LogP contribution is -2.20. The number of rotatable bonds is 4. The van der Waals surface area contributed by atoms with E-state index in [1.165, 1.54) is 6.42 Å². The Morgan fingerprint density at radius 2 is 1.75 bits per heavy atom. The summed E-state index contributed by atoms with van der Waals surface area (Å²) in [5.41, 5.74) is 0. The van der Waals surface area contributed by atoms with Gasteiger partial charge in [0, 0.05) is 11.8 Å². The van der Waals surface area contributed by atoms with E-state index < -0.39 is 0 Å². The van der Waals surface area contributed by atoms with E-state index in [2.05, 4.69) is 37.1 Å². The molecule has 0 rings (SSSR count). The Kier molecular flexibility index (Phi) is 6.27. The molecule has 0 aromatic carbocycles. The molecular weight excluding hydrogens is 138 g/mol. The summed E-state index contributed by atoms with van der Waals surface area (Å²) in [6.07, 6.45) is 1.18. The molecule has 0 fully saturated rings. The van der Waals surface area contributed by atoms with Crippen molar-refractivity contribution in [1.82, 2.24) is 4.90 Å². The highest BCUT2D eigenvalue weighted by Gasteiger charge is 1.93. The normalized spacial score (nSPS) is 10.5. The highest BCUT2D eigenvalue weighted by molar-refractivity contribution is 7.81. The van der Waals surface area contributed by atoms with Gasteiger partial charge in [-0.2, -0.15) is 25.3 Å². The fraction of sp³-hybridized carbons (Fsp3) is 1.00. The molecule has 0 aliphatic heterocycles. The molecule has 0 spiro atoms. The number of hydrogen-bond acceptors (Lipinski definition) is 3. The van der Waals surface area contributed by atoms with Crippen molar-refractivity contribution in [1.29, 1.82) is 0 Å². The number of hydrogen-bond donors (Lipinski definition) is 2. The van der Waals surface area contributed by atoms with Gasteiger partial charge in [0.1, 0.15) is 0 Å². The van der Waals surface area contributed by atoms with Crippen LogP contribution in [0.15, 0.2) is 0 Å². The zero-order valence-corrected chi connectivity index (χ0v) is 6.96. The van der Waals surface area contributed by atoms with Crippen molar-refractivity contribution in [2.24, 2.45) is 0 Å². The van der Waals surface area contributed by atoms with Gasteiger partial charge in [0.2, 0.25) is 0 Å². The molecular formula is C5H13NS2. The maximum absolute atomic E-state index is 4.11. The molecule has 50 valence electrons. The Morgan fingerprint density at radius 3 is 1.88 bits per heavy atom. The van der Waals surface area contributed by atoms with Crippen LogP contribution in [0, 0.1) is 0 Å². The van der Waals surface area contributed by atoms with E-state index in [1.807, 2.05) is 0 Å². The van der Waals surface area contributed by atoms with Gasteiger partial charge in [0.25, 0.3) is 0 Å². The van der Waals surface area contributed by atoms with Gasteiger partial charge in [-0.25, -0.2) is 0 Å². The lowest BCUT2D eigenvalue weighted by Gasteiger charge is -2.14. The largest absolute Gasteiger partial charge is 0.285 e. The van der Waals surface area contributed by atoms with Crippen LogP contribution in [-0.4, -0.2) is 23.2 Å². The summed E-state index contributed by atoms with van der Waals surface area (Å²) in [6, 6.07) is 0. The summed E-state index contributed by atoms with van der Waals surface area (Å²) < 4.78 is 0. The zero-order valence-electron chi connectivity index (χ0n) is 5.17. The zero-order chi connectivity index (χ0) is 6.41. The molecule has 0 saturated heterocycles. The second-order valence-corrected chi connectivity index (χ2v) is 2.24. The average Bonchev–Trinajstić information content (AvgIpc) is 1.83. The fourth-order valence-corrected chi connectivity index (χ4v) is 1.14. The number of nitrogens with zero attached hydrogens (tertiary/aromatic N) is 1. The van der Waals surface area contributed by atoms with Crippen LogP contribution in [0.1, 0.15) is 13.3 Å². The van der Waals surface area contributed by atoms with E-state index >= 15 is 0 Å². The Hall–Kier alpha value is 0.660. The van der Waals surface area contributed by atoms with E-state index in [0.29, 0.717) is 0 Å². The van der Waals surface area contributed by atoms with Crippen LogP contribution in [0.3, 0.4) is 0 Å². The van der Waals surface area contributed by atoms with Gasteiger partial charge in [-0.1, -0.05) is 6.92 Å². The van der Waals surface area contributed by atoms with Crippen LogP contribution in [0.4, 0.5) is 0 Å². The first-order chi connectivity index (χ1) is 3.85. The van der Waals surface area contributed by atoms with Crippen LogP contribution >= 0.6 is 25.3 Å². The van der Waals surface area contributed by atoms with Gasteiger partial charge in [0.05, 0.1) is 0 Å². The monoisotopic (exact) mass is 151 g/mol. The van der Waals surface area contributed by atoms with Crippen LogP contribution in [-0.2, 0) is 0 Å². The first-order valence-electron chi connectivity index (χ1n) is 2.79. The topological polar surface area (TPSA) is 3.24 Å². The third-order valence-corrected chi connectivity index (χ3v) is 1.74. The van der Waals surface area contributed by atoms with Crippen molar-refractivity contribution in [3.05, 3.63) is 0 Å². The molecule has 0 aliphatic rings. The lowest BCUT2D eigenvalue weighted by molar-refractivity contribution is 0.380. The molecule has 0 atom stereocenters. The van der Waals surface area contributed by atoms with Gasteiger partial charge in [-0.3, -0.25) is 4.90 Å². The third kappa shape index (κ3) is 3.64. The molecule has 0 unspecified atom stereocenters. The summed E-state index contributed by atoms with van der Waals surface area (Å²) in [6.45, 7) is 3.26. The quantitative estimate of drug-likeness (QED) is 0.454. The van der Waals surface area contributed by atoms with E-state index in [0.717, 1.165) is 18.3 Å². The predicted molar refractivity (Wildman–Crippen MR) is 44.7 cm³/mol. The molecule has 1 nitrogen and oxygen atoms in total. The maximum Gasteiger partial charge on any atom is 0.0422 e. The summed E-state index contributed by atoms with van der Waals surface area (Å²) >= 11 is 8.21. The number of thiol groups is 2. The summed E-state index contributed by atoms with van der Waals surface area (Å²) in [7, 11) is 0. The molecule has 0 heterocycles. The molecule has 0 aliphatic carbocycles. The van der Waals surface area contributed by atoms with Gasteiger partial charge >= 0.3 is 0 Å². The van der Waals surface area contributed by atoms with Gasteiger partial charge in [-0.15, -0.1) is 0 Å². The molecule has 0 amide bonds. The highest BCUT2D eigenvalue weighted by Crippen LogP contribution is 1.93. The second kappa shape index (κ2) is 5.79. The van der Waals surface area contributed by atoms with Gasteiger partial charge < -0.3 is 0 Å².